The Morgan fingerprint density at radius 1 is 1.14 bits per heavy atom. The minimum absolute atomic E-state index is 0.129. The summed E-state index contributed by atoms with van der Waals surface area (Å²) in [6, 6.07) is 7.54. The second kappa shape index (κ2) is 7.45. The largest absolute Gasteiger partial charge is 0.473 e. The minimum atomic E-state index is -0.271. The zero-order chi connectivity index (χ0) is 15.9. The molecule has 0 aliphatic rings. The number of nitrogens with zero attached hydrogens (tertiary/aromatic N) is 1. The maximum Gasteiger partial charge on any atom is 0.317 e. The summed E-state index contributed by atoms with van der Waals surface area (Å²) in [5.74, 6) is 0.826. The number of pyridine rings is 1. The van der Waals surface area contributed by atoms with Crippen molar-refractivity contribution in [3.8, 4) is 5.75 Å². The van der Waals surface area contributed by atoms with Gasteiger partial charge in [-0.3, -0.25) is 4.98 Å². The number of aryl methyl sites for hydroxylation is 2. The van der Waals surface area contributed by atoms with E-state index in [0.29, 0.717) is 6.54 Å². The van der Waals surface area contributed by atoms with Gasteiger partial charge in [0.2, 0.25) is 0 Å². The molecule has 1 aromatic heterocycles. The normalized spacial score (nSPS) is 10.1. The van der Waals surface area contributed by atoms with Crippen molar-refractivity contribution in [1.82, 2.24) is 15.6 Å². The average Bonchev–Trinajstić information content (AvgIpc) is 2.53. The van der Waals surface area contributed by atoms with Gasteiger partial charge in [-0.25, -0.2) is 4.79 Å². The molecule has 1 heterocycles. The van der Waals surface area contributed by atoms with Crippen molar-refractivity contribution in [2.75, 3.05) is 6.73 Å². The number of hydrogen-bond acceptors (Lipinski definition) is 3. The number of carbonyl (C=O) groups is 1. The van der Waals surface area contributed by atoms with Crippen molar-refractivity contribution in [2.24, 2.45) is 0 Å². The van der Waals surface area contributed by atoms with Gasteiger partial charge in [-0.2, -0.15) is 0 Å². The van der Waals surface area contributed by atoms with Crippen LogP contribution in [-0.2, 0) is 6.54 Å². The van der Waals surface area contributed by atoms with Crippen molar-refractivity contribution in [2.45, 2.75) is 27.3 Å². The number of urea groups is 1. The van der Waals surface area contributed by atoms with E-state index in [2.05, 4.69) is 21.7 Å². The van der Waals surface area contributed by atoms with Crippen LogP contribution in [0.4, 0.5) is 4.79 Å². The van der Waals surface area contributed by atoms with Crippen molar-refractivity contribution in [3.05, 3.63) is 58.9 Å². The zero-order valence-electron chi connectivity index (χ0n) is 13.1. The van der Waals surface area contributed by atoms with Gasteiger partial charge in [0.15, 0.2) is 6.73 Å². The predicted molar refractivity (Wildman–Crippen MR) is 85.8 cm³/mol. The van der Waals surface area contributed by atoms with Gasteiger partial charge < -0.3 is 15.4 Å². The van der Waals surface area contributed by atoms with E-state index in [1.807, 2.05) is 39.0 Å². The number of amides is 2. The Balaban J connectivity index is 1.79. The van der Waals surface area contributed by atoms with Crippen LogP contribution in [0.5, 0.6) is 5.75 Å². The Morgan fingerprint density at radius 2 is 1.91 bits per heavy atom. The molecule has 0 fully saturated rings. The molecule has 0 saturated heterocycles. The van der Waals surface area contributed by atoms with Gasteiger partial charge in [0, 0.05) is 18.9 Å². The quantitative estimate of drug-likeness (QED) is 0.834. The van der Waals surface area contributed by atoms with E-state index in [1.54, 1.807) is 12.4 Å². The molecule has 0 bridgehead atoms. The van der Waals surface area contributed by atoms with E-state index in [-0.39, 0.29) is 12.8 Å². The van der Waals surface area contributed by atoms with Crippen LogP contribution in [0.3, 0.4) is 0 Å². The lowest BCUT2D eigenvalue weighted by molar-refractivity contribution is 0.223. The molecule has 0 atom stereocenters. The molecule has 1 aromatic carbocycles. The molecule has 2 amide bonds. The van der Waals surface area contributed by atoms with Crippen LogP contribution in [0.2, 0.25) is 0 Å². The summed E-state index contributed by atoms with van der Waals surface area (Å²) in [4.78, 5) is 15.7. The molecule has 2 aromatic rings. The molecule has 5 heteroatoms. The lowest BCUT2D eigenvalue weighted by Crippen LogP contribution is -2.37. The number of benzene rings is 1. The van der Waals surface area contributed by atoms with E-state index >= 15 is 0 Å². The van der Waals surface area contributed by atoms with Crippen LogP contribution in [0.15, 0.2) is 36.7 Å². The average molecular weight is 299 g/mol. The van der Waals surface area contributed by atoms with Gasteiger partial charge in [-0.15, -0.1) is 0 Å². The third-order valence-corrected chi connectivity index (χ3v) is 3.50. The van der Waals surface area contributed by atoms with Crippen LogP contribution in [0, 0.1) is 20.8 Å². The molecule has 0 unspecified atom stereocenters. The number of carbonyl (C=O) groups excluding carboxylic acids is 1. The highest BCUT2D eigenvalue weighted by Crippen LogP contribution is 2.25. The number of rotatable bonds is 5. The Morgan fingerprint density at radius 3 is 2.64 bits per heavy atom. The highest BCUT2D eigenvalue weighted by molar-refractivity contribution is 5.73. The first-order valence-electron chi connectivity index (χ1n) is 7.18. The third-order valence-electron chi connectivity index (χ3n) is 3.50. The van der Waals surface area contributed by atoms with Crippen LogP contribution in [0.25, 0.3) is 0 Å². The van der Waals surface area contributed by atoms with Crippen molar-refractivity contribution in [1.29, 1.82) is 0 Å². The van der Waals surface area contributed by atoms with E-state index in [0.717, 1.165) is 22.4 Å². The molecule has 0 aliphatic carbocycles. The Labute approximate surface area is 130 Å². The molecule has 2 rings (SSSR count). The number of ether oxygens (including phenoxy) is 1. The van der Waals surface area contributed by atoms with E-state index in [4.69, 9.17) is 4.74 Å². The van der Waals surface area contributed by atoms with Gasteiger partial charge in [0.25, 0.3) is 0 Å². The second-order valence-electron chi connectivity index (χ2n) is 5.16. The second-order valence-corrected chi connectivity index (χ2v) is 5.16. The number of hydrogen-bond donors (Lipinski definition) is 2. The molecular weight excluding hydrogens is 278 g/mol. The summed E-state index contributed by atoms with van der Waals surface area (Å²) in [6.07, 6.45) is 3.42. The monoisotopic (exact) mass is 299 g/mol. The smallest absolute Gasteiger partial charge is 0.317 e. The number of aromatic nitrogens is 1. The summed E-state index contributed by atoms with van der Waals surface area (Å²) >= 11 is 0. The summed E-state index contributed by atoms with van der Waals surface area (Å²) in [6.45, 7) is 6.60. The Kier molecular flexibility index (Phi) is 5.36. The van der Waals surface area contributed by atoms with E-state index in [1.165, 1.54) is 5.56 Å². The SMILES string of the molecule is Cc1ccc(C)c(OCNC(=O)NCc2cccnc2)c1C. The summed E-state index contributed by atoms with van der Waals surface area (Å²) in [5.41, 5.74) is 4.27. The summed E-state index contributed by atoms with van der Waals surface area (Å²) < 4.78 is 5.69. The Hall–Kier alpha value is -2.56. The molecule has 22 heavy (non-hydrogen) atoms. The third kappa shape index (κ3) is 4.22. The van der Waals surface area contributed by atoms with Gasteiger partial charge in [0.1, 0.15) is 5.75 Å². The van der Waals surface area contributed by atoms with Gasteiger partial charge >= 0.3 is 6.03 Å². The highest BCUT2D eigenvalue weighted by Gasteiger charge is 2.07. The van der Waals surface area contributed by atoms with Crippen LogP contribution >= 0.6 is 0 Å². The fraction of sp³-hybridized carbons (Fsp3) is 0.294. The van der Waals surface area contributed by atoms with E-state index in [9.17, 15) is 4.79 Å². The number of nitrogens with one attached hydrogen (secondary N) is 2. The van der Waals surface area contributed by atoms with Crippen molar-refractivity contribution >= 4 is 6.03 Å². The van der Waals surface area contributed by atoms with E-state index < -0.39 is 0 Å². The standard InChI is InChI=1S/C17H21N3O2/c1-12-6-7-13(2)16(14(12)3)22-11-20-17(21)19-10-15-5-4-8-18-9-15/h4-9H,10-11H2,1-3H3,(H2,19,20,21). The van der Waals surface area contributed by atoms with Crippen molar-refractivity contribution in [3.63, 3.8) is 0 Å². The molecule has 116 valence electrons. The Bertz CT molecular complexity index is 642. The highest BCUT2D eigenvalue weighted by atomic mass is 16.5. The first-order valence-corrected chi connectivity index (χ1v) is 7.18. The lowest BCUT2D eigenvalue weighted by atomic mass is 10.1. The fourth-order valence-electron chi connectivity index (χ4n) is 2.07. The van der Waals surface area contributed by atoms with Gasteiger partial charge in [-0.1, -0.05) is 18.2 Å². The summed E-state index contributed by atoms with van der Waals surface area (Å²) in [5, 5.41) is 5.44. The lowest BCUT2D eigenvalue weighted by Gasteiger charge is -2.14. The predicted octanol–water partition coefficient (Wildman–Crippen LogP) is 2.84. The van der Waals surface area contributed by atoms with Crippen LogP contribution in [-0.4, -0.2) is 17.7 Å². The maximum atomic E-state index is 11.7. The molecule has 0 saturated carbocycles. The minimum Gasteiger partial charge on any atom is -0.473 e. The molecule has 0 radical (unpaired) electrons. The molecule has 5 nitrogen and oxygen atoms in total. The topological polar surface area (TPSA) is 63.2 Å². The first kappa shape index (κ1) is 15.8. The van der Waals surface area contributed by atoms with Gasteiger partial charge in [-0.05, 0) is 49.1 Å². The van der Waals surface area contributed by atoms with Gasteiger partial charge in [0.05, 0.1) is 0 Å². The maximum absolute atomic E-state index is 11.7. The molecule has 2 N–H and O–H groups in total. The molecule has 0 aliphatic heterocycles. The van der Waals surface area contributed by atoms with Crippen LogP contribution in [0.1, 0.15) is 22.3 Å². The zero-order valence-corrected chi connectivity index (χ0v) is 13.1. The van der Waals surface area contributed by atoms with Crippen LogP contribution < -0.4 is 15.4 Å². The fourth-order valence-corrected chi connectivity index (χ4v) is 2.07. The van der Waals surface area contributed by atoms with Crippen molar-refractivity contribution < 1.29 is 9.53 Å². The molecular formula is C17H21N3O2. The molecule has 0 spiro atoms. The first-order chi connectivity index (χ1) is 10.6. The summed E-state index contributed by atoms with van der Waals surface area (Å²) in [7, 11) is 0.